The fourth-order valence-corrected chi connectivity index (χ4v) is 1.63. The third-order valence-corrected chi connectivity index (χ3v) is 2.50. The molecular weight excluding hydrogens is 226 g/mol. The van der Waals surface area contributed by atoms with Crippen molar-refractivity contribution >= 4 is 11.6 Å². The summed E-state index contributed by atoms with van der Waals surface area (Å²) in [5.74, 6) is 0.254. The summed E-state index contributed by atoms with van der Waals surface area (Å²) in [6.45, 7) is 1.26. The highest BCUT2D eigenvalue weighted by atomic mass is 35.5. The number of rotatable bonds is 4. The molecule has 1 heterocycles. The minimum Gasteiger partial charge on any atom is -0.508 e. The molecule has 16 heavy (non-hydrogen) atoms. The molecule has 0 unspecified atom stereocenters. The van der Waals surface area contributed by atoms with E-state index in [2.05, 4.69) is 5.32 Å². The van der Waals surface area contributed by atoms with E-state index in [0.29, 0.717) is 18.1 Å². The number of phenolic OH excluding ortho intramolecular Hbond substituents is 1. The molecule has 2 rings (SSSR count). The van der Waals surface area contributed by atoms with Crippen LogP contribution >= 0.6 is 11.6 Å². The molecule has 0 saturated heterocycles. The van der Waals surface area contributed by atoms with E-state index in [1.165, 1.54) is 0 Å². The van der Waals surface area contributed by atoms with Gasteiger partial charge in [0.2, 0.25) is 0 Å². The molecule has 0 fully saturated rings. The van der Waals surface area contributed by atoms with Gasteiger partial charge in [0, 0.05) is 29.2 Å². The van der Waals surface area contributed by atoms with Crippen LogP contribution < -0.4 is 5.32 Å². The molecule has 1 aromatic heterocycles. The van der Waals surface area contributed by atoms with Crippen LogP contribution in [0.2, 0.25) is 5.02 Å². The average molecular weight is 238 g/mol. The van der Waals surface area contributed by atoms with Crippen LogP contribution in [0.5, 0.6) is 5.75 Å². The molecule has 0 bridgehead atoms. The first-order valence-corrected chi connectivity index (χ1v) is 5.32. The highest BCUT2D eigenvalue weighted by Crippen LogP contribution is 2.21. The molecule has 3 nitrogen and oxygen atoms in total. The molecule has 2 N–H and O–H groups in total. The van der Waals surface area contributed by atoms with Gasteiger partial charge < -0.3 is 14.8 Å². The lowest BCUT2D eigenvalue weighted by Gasteiger charge is -2.06. The topological polar surface area (TPSA) is 45.4 Å². The van der Waals surface area contributed by atoms with Crippen LogP contribution in [0.25, 0.3) is 0 Å². The second-order valence-corrected chi connectivity index (χ2v) is 3.94. The van der Waals surface area contributed by atoms with Crippen LogP contribution in [0.15, 0.2) is 41.2 Å². The van der Waals surface area contributed by atoms with E-state index in [4.69, 9.17) is 16.0 Å². The summed E-state index contributed by atoms with van der Waals surface area (Å²) in [5, 5.41) is 13.4. The van der Waals surface area contributed by atoms with Gasteiger partial charge in [0.25, 0.3) is 0 Å². The Kier molecular flexibility index (Phi) is 3.49. The van der Waals surface area contributed by atoms with Crippen molar-refractivity contribution in [3.8, 4) is 5.75 Å². The predicted molar refractivity (Wildman–Crippen MR) is 62.4 cm³/mol. The molecule has 0 radical (unpaired) electrons. The molecule has 1 aromatic carbocycles. The molecule has 0 aliphatic heterocycles. The summed E-state index contributed by atoms with van der Waals surface area (Å²) >= 11 is 5.84. The molecule has 0 spiro atoms. The normalized spacial score (nSPS) is 10.6. The Labute approximate surface area is 98.7 Å². The van der Waals surface area contributed by atoms with Crippen LogP contribution in [-0.2, 0) is 13.1 Å². The molecular formula is C12H12ClNO2. The lowest BCUT2D eigenvalue weighted by molar-refractivity contribution is 0.464. The van der Waals surface area contributed by atoms with Gasteiger partial charge in [-0.15, -0.1) is 0 Å². The van der Waals surface area contributed by atoms with Crippen LogP contribution in [0.1, 0.15) is 11.1 Å². The number of halogens is 1. The molecule has 2 aromatic rings. The molecule has 0 saturated carbocycles. The second-order valence-electron chi connectivity index (χ2n) is 3.51. The minimum atomic E-state index is 0.254. The highest BCUT2D eigenvalue weighted by molar-refractivity contribution is 6.30. The lowest BCUT2D eigenvalue weighted by atomic mass is 10.2. The molecule has 0 aliphatic carbocycles. The largest absolute Gasteiger partial charge is 0.508 e. The maximum Gasteiger partial charge on any atom is 0.120 e. The summed E-state index contributed by atoms with van der Waals surface area (Å²) < 4.78 is 4.95. The van der Waals surface area contributed by atoms with E-state index in [9.17, 15) is 5.11 Å². The Bertz CT molecular complexity index is 454. The number of furan rings is 1. The fourth-order valence-electron chi connectivity index (χ4n) is 1.43. The molecule has 84 valence electrons. The summed E-state index contributed by atoms with van der Waals surface area (Å²) in [5.41, 5.74) is 1.86. The van der Waals surface area contributed by atoms with E-state index < -0.39 is 0 Å². The van der Waals surface area contributed by atoms with Gasteiger partial charge in [-0.3, -0.25) is 0 Å². The predicted octanol–water partition coefficient (Wildman–Crippen LogP) is 2.93. The average Bonchev–Trinajstić information content (AvgIpc) is 2.76. The van der Waals surface area contributed by atoms with Crippen molar-refractivity contribution in [3.63, 3.8) is 0 Å². The van der Waals surface area contributed by atoms with Crippen molar-refractivity contribution in [1.82, 2.24) is 5.32 Å². The van der Waals surface area contributed by atoms with Gasteiger partial charge in [-0.25, -0.2) is 0 Å². The lowest BCUT2D eigenvalue weighted by Crippen LogP contribution is -2.12. The zero-order chi connectivity index (χ0) is 11.4. The van der Waals surface area contributed by atoms with Crippen LogP contribution in [0.3, 0.4) is 0 Å². The Morgan fingerprint density at radius 2 is 2.12 bits per heavy atom. The first kappa shape index (κ1) is 11.0. The standard InChI is InChI=1S/C12H12ClNO2/c13-11-1-2-12(15)10(5-11)7-14-6-9-3-4-16-8-9/h1-5,8,14-15H,6-7H2. The van der Waals surface area contributed by atoms with Gasteiger partial charge in [-0.1, -0.05) is 11.6 Å². The smallest absolute Gasteiger partial charge is 0.120 e. The summed E-state index contributed by atoms with van der Waals surface area (Å²) in [4.78, 5) is 0. The number of hydrogen-bond donors (Lipinski definition) is 2. The van der Waals surface area contributed by atoms with Crippen LogP contribution in [0, 0.1) is 0 Å². The van der Waals surface area contributed by atoms with Crippen LogP contribution in [-0.4, -0.2) is 5.11 Å². The van der Waals surface area contributed by atoms with Gasteiger partial charge in [0.1, 0.15) is 5.75 Å². The van der Waals surface area contributed by atoms with Gasteiger partial charge in [-0.05, 0) is 24.3 Å². The van der Waals surface area contributed by atoms with E-state index in [1.807, 2.05) is 6.07 Å². The molecule has 0 amide bonds. The quantitative estimate of drug-likeness (QED) is 0.860. The molecule has 0 aliphatic rings. The summed E-state index contributed by atoms with van der Waals surface area (Å²) in [6, 6.07) is 6.90. The minimum absolute atomic E-state index is 0.254. The van der Waals surface area contributed by atoms with Crippen LogP contribution in [0.4, 0.5) is 0 Å². The van der Waals surface area contributed by atoms with E-state index in [0.717, 1.165) is 11.1 Å². The second kappa shape index (κ2) is 5.05. The zero-order valence-corrected chi connectivity index (χ0v) is 9.37. The van der Waals surface area contributed by atoms with Crippen molar-refractivity contribution < 1.29 is 9.52 Å². The van der Waals surface area contributed by atoms with Gasteiger partial charge in [0.15, 0.2) is 0 Å². The van der Waals surface area contributed by atoms with E-state index >= 15 is 0 Å². The van der Waals surface area contributed by atoms with Crippen molar-refractivity contribution in [2.75, 3.05) is 0 Å². The number of benzene rings is 1. The van der Waals surface area contributed by atoms with E-state index in [1.54, 1.807) is 30.7 Å². The molecule has 4 heteroatoms. The maximum absolute atomic E-state index is 9.57. The summed E-state index contributed by atoms with van der Waals surface area (Å²) in [6.07, 6.45) is 3.32. The van der Waals surface area contributed by atoms with Crippen molar-refractivity contribution in [2.45, 2.75) is 13.1 Å². The van der Waals surface area contributed by atoms with E-state index in [-0.39, 0.29) is 5.75 Å². The highest BCUT2D eigenvalue weighted by Gasteiger charge is 2.01. The third kappa shape index (κ3) is 2.78. The molecule has 0 atom stereocenters. The van der Waals surface area contributed by atoms with Crippen molar-refractivity contribution in [3.05, 3.63) is 52.9 Å². The van der Waals surface area contributed by atoms with Gasteiger partial charge in [-0.2, -0.15) is 0 Å². The number of nitrogens with one attached hydrogen (secondary N) is 1. The van der Waals surface area contributed by atoms with Gasteiger partial charge in [0.05, 0.1) is 12.5 Å². The third-order valence-electron chi connectivity index (χ3n) is 2.27. The number of aromatic hydroxyl groups is 1. The first-order chi connectivity index (χ1) is 7.75. The Balaban J connectivity index is 1.92. The SMILES string of the molecule is Oc1ccc(Cl)cc1CNCc1ccoc1. The first-order valence-electron chi connectivity index (χ1n) is 4.95. The van der Waals surface area contributed by atoms with Crippen molar-refractivity contribution in [2.24, 2.45) is 0 Å². The number of hydrogen-bond acceptors (Lipinski definition) is 3. The Hall–Kier alpha value is -1.45. The Morgan fingerprint density at radius 3 is 2.88 bits per heavy atom. The van der Waals surface area contributed by atoms with Crippen molar-refractivity contribution in [1.29, 1.82) is 0 Å². The monoisotopic (exact) mass is 237 g/mol. The Morgan fingerprint density at radius 1 is 1.25 bits per heavy atom. The summed E-state index contributed by atoms with van der Waals surface area (Å²) in [7, 11) is 0. The zero-order valence-electron chi connectivity index (χ0n) is 8.61. The fraction of sp³-hybridized carbons (Fsp3) is 0.167. The maximum atomic E-state index is 9.57. The van der Waals surface area contributed by atoms with Gasteiger partial charge >= 0.3 is 0 Å². The number of phenols is 1.